The standard InChI is InChI=1S/C13H9F2NO2/c14-10-4-2-7(5-11(10)15)8-1-3-9(13(17)18)12(16)6-8/h1-6H,16H2,(H,17,18). The van der Waals surface area contributed by atoms with Crippen LogP contribution in [0.4, 0.5) is 14.5 Å². The number of carboxylic acids is 1. The van der Waals surface area contributed by atoms with Gasteiger partial charge in [0.15, 0.2) is 11.6 Å². The van der Waals surface area contributed by atoms with Gasteiger partial charge in [0, 0.05) is 5.69 Å². The molecule has 0 bridgehead atoms. The Morgan fingerprint density at radius 2 is 1.61 bits per heavy atom. The smallest absolute Gasteiger partial charge is 0.337 e. The molecule has 0 aliphatic heterocycles. The predicted molar refractivity (Wildman–Crippen MR) is 63.2 cm³/mol. The fourth-order valence-electron chi connectivity index (χ4n) is 1.61. The summed E-state index contributed by atoms with van der Waals surface area (Å²) in [5.41, 5.74) is 6.58. The van der Waals surface area contributed by atoms with Gasteiger partial charge in [-0.3, -0.25) is 0 Å². The molecule has 92 valence electrons. The van der Waals surface area contributed by atoms with Gasteiger partial charge in [0.05, 0.1) is 5.56 Å². The first-order valence-electron chi connectivity index (χ1n) is 5.07. The van der Waals surface area contributed by atoms with E-state index in [0.29, 0.717) is 11.1 Å². The summed E-state index contributed by atoms with van der Waals surface area (Å²) in [5, 5.41) is 8.82. The van der Waals surface area contributed by atoms with Gasteiger partial charge in [-0.2, -0.15) is 0 Å². The van der Waals surface area contributed by atoms with Crippen molar-refractivity contribution >= 4 is 11.7 Å². The van der Waals surface area contributed by atoms with Gasteiger partial charge >= 0.3 is 5.97 Å². The number of rotatable bonds is 2. The summed E-state index contributed by atoms with van der Waals surface area (Å²) in [5.74, 6) is -3.04. The number of halogens is 2. The number of nitrogen functional groups attached to an aromatic ring is 1. The largest absolute Gasteiger partial charge is 0.478 e. The normalized spacial score (nSPS) is 10.3. The quantitative estimate of drug-likeness (QED) is 0.804. The maximum absolute atomic E-state index is 13.1. The number of hydrogen-bond donors (Lipinski definition) is 2. The molecule has 3 nitrogen and oxygen atoms in total. The van der Waals surface area contributed by atoms with E-state index in [1.165, 1.54) is 24.3 Å². The van der Waals surface area contributed by atoms with Crippen LogP contribution in [-0.4, -0.2) is 11.1 Å². The number of carboxylic acid groups (broad SMARTS) is 1. The van der Waals surface area contributed by atoms with E-state index in [2.05, 4.69) is 0 Å². The van der Waals surface area contributed by atoms with Gasteiger partial charge in [0.2, 0.25) is 0 Å². The average Bonchev–Trinajstić information content (AvgIpc) is 2.32. The molecule has 2 aromatic rings. The molecule has 0 spiro atoms. The second-order valence-corrected chi connectivity index (χ2v) is 3.74. The summed E-state index contributed by atoms with van der Waals surface area (Å²) in [4.78, 5) is 10.8. The zero-order chi connectivity index (χ0) is 13.3. The van der Waals surface area contributed by atoms with E-state index in [9.17, 15) is 13.6 Å². The highest BCUT2D eigenvalue weighted by Crippen LogP contribution is 2.25. The van der Waals surface area contributed by atoms with Gasteiger partial charge in [-0.25, -0.2) is 13.6 Å². The lowest BCUT2D eigenvalue weighted by molar-refractivity contribution is 0.0698. The monoisotopic (exact) mass is 249 g/mol. The predicted octanol–water partition coefficient (Wildman–Crippen LogP) is 2.91. The minimum Gasteiger partial charge on any atom is -0.478 e. The lowest BCUT2D eigenvalue weighted by Crippen LogP contribution is -2.02. The lowest BCUT2D eigenvalue weighted by Gasteiger charge is -2.06. The fraction of sp³-hybridized carbons (Fsp3) is 0. The molecule has 18 heavy (non-hydrogen) atoms. The van der Waals surface area contributed by atoms with Gasteiger partial charge in [0.1, 0.15) is 0 Å². The fourth-order valence-corrected chi connectivity index (χ4v) is 1.61. The molecule has 0 atom stereocenters. The number of aromatic carboxylic acids is 1. The zero-order valence-corrected chi connectivity index (χ0v) is 9.15. The Kier molecular flexibility index (Phi) is 2.97. The highest BCUT2D eigenvalue weighted by atomic mass is 19.2. The first-order chi connectivity index (χ1) is 8.49. The Bertz CT molecular complexity index is 626. The van der Waals surface area contributed by atoms with E-state index in [0.717, 1.165) is 12.1 Å². The van der Waals surface area contributed by atoms with Crippen LogP contribution in [0.25, 0.3) is 11.1 Å². The van der Waals surface area contributed by atoms with E-state index in [1.807, 2.05) is 0 Å². The summed E-state index contributed by atoms with van der Waals surface area (Å²) < 4.78 is 25.9. The lowest BCUT2D eigenvalue weighted by atomic mass is 10.0. The van der Waals surface area contributed by atoms with Crippen molar-refractivity contribution in [3.8, 4) is 11.1 Å². The van der Waals surface area contributed by atoms with Crippen molar-refractivity contribution in [3.63, 3.8) is 0 Å². The van der Waals surface area contributed by atoms with Crippen molar-refractivity contribution in [1.29, 1.82) is 0 Å². The molecule has 0 unspecified atom stereocenters. The number of anilines is 1. The van der Waals surface area contributed by atoms with Gasteiger partial charge in [-0.15, -0.1) is 0 Å². The minimum absolute atomic E-state index is 0.0265. The van der Waals surface area contributed by atoms with Crippen LogP contribution in [0.3, 0.4) is 0 Å². The van der Waals surface area contributed by atoms with E-state index in [4.69, 9.17) is 10.8 Å². The molecule has 0 saturated heterocycles. The SMILES string of the molecule is Nc1cc(-c2ccc(F)c(F)c2)ccc1C(=O)O. The number of carbonyl (C=O) groups is 1. The summed E-state index contributed by atoms with van der Waals surface area (Å²) in [6, 6.07) is 7.67. The molecular formula is C13H9F2NO2. The Morgan fingerprint density at radius 3 is 2.17 bits per heavy atom. The average molecular weight is 249 g/mol. The number of benzene rings is 2. The summed E-state index contributed by atoms with van der Waals surface area (Å²) >= 11 is 0. The second kappa shape index (κ2) is 4.44. The van der Waals surface area contributed by atoms with Crippen molar-refractivity contribution in [2.24, 2.45) is 0 Å². The highest BCUT2D eigenvalue weighted by molar-refractivity contribution is 5.94. The summed E-state index contributed by atoms with van der Waals surface area (Å²) in [6.07, 6.45) is 0. The van der Waals surface area contributed by atoms with Crippen molar-refractivity contribution in [1.82, 2.24) is 0 Å². The third-order valence-corrected chi connectivity index (χ3v) is 2.53. The maximum Gasteiger partial charge on any atom is 0.337 e. The molecule has 3 N–H and O–H groups in total. The molecule has 0 aromatic heterocycles. The Labute approximate surface area is 101 Å². The molecule has 0 fully saturated rings. The molecule has 0 amide bonds. The molecular weight excluding hydrogens is 240 g/mol. The molecule has 0 aliphatic carbocycles. The van der Waals surface area contributed by atoms with Gasteiger partial charge in [0.25, 0.3) is 0 Å². The van der Waals surface area contributed by atoms with Crippen LogP contribution in [0, 0.1) is 11.6 Å². The molecule has 2 rings (SSSR count). The first-order valence-corrected chi connectivity index (χ1v) is 5.07. The minimum atomic E-state index is -1.13. The van der Waals surface area contributed by atoms with Crippen molar-refractivity contribution < 1.29 is 18.7 Å². The first kappa shape index (κ1) is 12.0. The van der Waals surface area contributed by atoms with Gasteiger partial charge < -0.3 is 10.8 Å². The molecule has 5 heteroatoms. The van der Waals surface area contributed by atoms with E-state index >= 15 is 0 Å². The molecule has 0 radical (unpaired) electrons. The number of nitrogens with two attached hydrogens (primary N) is 1. The van der Waals surface area contributed by atoms with Crippen molar-refractivity contribution in [3.05, 3.63) is 53.6 Å². The van der Waals surface area contributed by atoms with Crippen molar-refractivity contribution in [2.45, 2.75) is 0 Å². The summed E-state index contributed by atoms with van der Waals surface area (Å²) in [7, 11) is 0. The second-order valence-electron chi connectivity index (χ2n) is 3.74. The molecule has 2 aromatic carbocycles. The van der Waals surface area contributed by atoms with Gasteiger partial charge in [-0.1, -0.05) is 12.1 Å². The van der Waals surface area contributed by atoms with Crippen LogP contribution >= 0.6 is 0 Å². The molecule has 0 saturated carbocycles. The van der Waals surface area contributed by atoms with Crippen LogP contribution in [0.5, 0.6) is 0 Å². The van der Waals surface area contributed by atoms with Crippen LogP contribution < -0.4 is 5.73 Å². The van der Waals surface area contributed by atoms with Crippen molar-refractivity contribution in [2.75, 3.05) is 5.73 Å². The van der Waals surface area contributed by atoms with Gasteiger partial charge in [-0.05, 0) is 35.4 Å². The molecule has 0 heterocycles. The van der Waals surface area contributed by atoms with Crippen LogP contribution in [0.15, 0.2) is 36.4 Å². The summed E-state index contributed by atoms with van der Waals surface area (Å²) in [6.45, 7) is 0. The Balaban J connectivity index is 2.48. The third kappa shape index (κ3) is 2.15. The van der Waals surface area contributed by atoms with E-state index in [1.54, 1.807) is 0 Å². The highest BCUT2D eigenvalue weighted by Gasteiger charge is 2.10. The zero-order valence-electron chi connectivity index (χ0n) is 9.15. The third-order valence-electron chi connectivity index (χ3n) is 2.53. The molecule has 0 aliphatic rings. The van der Waals surface area contributed by atoms with Crippen LogP contribution in [0.1, 0.15) is 10.4 Å². The van der Waals surface area contributed by atoms with Crippen LogP contribution in [-0.2, 0) is 0 Å². The Hall–Kier alpha value is -2.43. The maximum atomic E-state index is 13.1. The number of hydrogen-bond acceptors (Lipinski definition) is 2. The van der Waals surface area contributed by atoms with E-state index in [-0.39, 0.29) is 11.3 Å². The Morgan fingerprint density at radius 1 is 1.00 bits per heavy atom. The topological polar surface area (TPSA) is 63.3 Å². The van der Waals surface area contributed by atoms with Crippen LogP contribution in [0.2, 0.25) is 0 Å². The van der Waals surface area contributed by atoms with E-state index < -0.39 is 17.6 Å².